The zero-order chi connectivity index (χ0) is 16.2. The van der Waals surface area contributed by atoms with Crippen molar-refractivity contribution in [1.29, 1.82) is 0 Å². The van der Waals surface area contributed by atoms with Gasteiger partial charge in [-0.3, -0.25) is 13.6 Å². The zero-order valence-electron chi connectivity index (χ0n) is 12.9. The fourth-order valence-corrected chi connectivity index (χ4v) is 2.61. The van der Waals surface area contributed by atoms with Crippen LogP contribution in [0.15, 0.2) is 4.79 Å². The fraction of sp³-hybridized carbons (Fsp3) is 0.643. The lowest BCUT2D eigenvalue weighted by Crippen LogP contribution is -2.29. The predicted molar refractivity (Wildman–Crippen MR) is 82.1 cm³/mol. The van der Waals surface area contributed by atoms with Crippen molar-refractivity contribution in [3.8, 4) is 0 Å². The molecule has 6 nitrogen and oxygen atoms in total. The molecule has 1 heterocycles. The van der Waals surface area contributed by atoms with Gasteiger partial charge in [0.2, 0.25) is 0 Å². The molecule has 0 fully saturated rings. The van der Waals surface area contributed by atoms with Crippen molar-refractivity contribution < 1.29 is 14.1 Å². The average molecular weight is 314 g/mol. The molecule has 1 aromatic heterocycles. The molecule has 1 N–H and O–H groups in total. The van der Waals surface area contributed by atoms with Crippen LogP contribution in [0.5, 0.6) is 0 Å². The Morgan fingerprint density at radius 1 is 1.43 bits per heavy atom. The van der Waals surface area contributed by atoms with Crippen LogP contribution in [-0.2, 0) is 28.6 Å². The largest absolute Gasteiger partial charge is 0.481 e. The third-order valence-electron chi connectivity index (χ3n) is 3.69. The number of aromatic nitrogens is 2. The first-order valence-corrected chi connectivity index (χ1v) is 8.47. The first-order valence-electron chi connectivity index (χ1n) is 6.85. The molecule has 0 saturated carbocycles. The highest BCUT2D eigenvalue weighted by atomic mass is 32.2. The minimum absolute atomic E-state index is 0.0000673. The van der Waals surface area contributed by atoms with Gasteiger partial charge >= 0.3 is 11.7 Å². The fourth-order valence-electron chi connectivity index (χ4n) is 2.17. The lowest BCUT2D eigenvalue weighted by molar-refractivity contribution is -0.136. The number of aryl methyl sites for hydroxylation is 1. The molecule has 118 valence electrons. The van der Waals surface area contributed by atoms with Gasteiger partial charge < -0.3 is 5.11 Å². The quantitative estimate of drug-likeness (QED) is 0.812. The third-order valence-corrected chi connectivity index (χ3v) is 5.06. The van der Waals surface area contributed by atoms with Gasteiger partial charge in [0.1, 0.15) is 0 Å². The van der Waals surface area contributed by atoms with Crippen LogP contribution in [0, 0.1) is 13.8 Å². The highest BCUT2D eigenvalue weighted by Gasteiger charge is 2.14. The van der Waals surface area contributed by atoms with E-state index in [-0.39, 0.29) is 17.4 Å². The van der Waals surface area contributed by atoms with Gasteiger partial charge in [0.05, 0.1) is 0 Å². The molecule has 2 unspecified atom stereocenters. The van der Waals surface area contributed by atoms with Crippen LogP contribution in [0.4, 0.5) is 0 Å². The summed E-state index contributed by atoms with van der Waals surface area (Å²) in [4.78, 5) is 26.7. The molecule has 0 aliphatic rings. The first kappa shape index (κ1) is 17.6. The van der Waals surface area contributed by atoms with Crippen molar-refractivity contribution in [3.63, 3.8) is 0 Å². The van der Waals surface area contributed by atoms with Gasteiger partial charge in [-0.15, -0.1) is 0 Å². The number of hydrogen-bond acceptors (Lipinski definition) is 4. The van der Waals surface area contributed by atoms with Crippen molar-refractivity contribution >= 4 is 16.8 Å². The van der Waals surface area contributed by atoms with Gasteiger partial charge in [0, 0.05) is 46.7 Å². The Bertz CT molecular complexity index is 610. The van der Waals surface area contributed by atoms with Gasteiger partial charge in [-0.25, -0.2) is 4.79 Å². The minimum Gasteiger partial charge on any atom is -0.481 e. The molecule has 2 atom stereocenters. The van der Waals surface area contributed by atoms with E-state index < -0.39 is 16.8 Å². The Labute approximate surface area is 126 Å². The highest BCUT2D eigenvalue weighted by Crippen LogP contribution is 2.13. The molecule has 0 radical (unpaired) electrons. The average Bonchev–Trinajstić information content (AvgIpc) is 2.36. The van der Waals surface area contributed by atoms with E-state index in [4.69, 9.17) is 5.11 Å². The van der Waals surface area contributed by atoms with E-state index in [1.54, 1.807) is 24.7 Å². The summed E-state index contributed by atoms with van der Waals surface area (Å²) < 4.78 is 12.9. The van der Waals surface area contributed by atoms with Crippen molar-refractivity contribution in [2.24, 2.45) is 0 Å². The summed E-state index contributed by atoms with van der Waals surface area (Å²) >= 11 is 0. The standard InChI is InChI=1S/C14H22N2O4S/c1-9(21(4)20)7-8-16-11(3)12(5-6-13(17)18)10(2)15-14(16)19/h9H,5-8H2,1-4H3,(H,17,18). The van der Waals surface area contributed by atoms with E-state index in [0.717, 1.165) is 11.3 Å². The number of rotatable bonds is 7. The van der Waals surface area contributed by atoms with E-state index in [9.17, 15) is 13.8 Å². The topological polar surface area (TPSA) is 89.3 Å². The number of carboxylic acids is 1. The molecule has 7 heteroatoms. The van der Waals surface area contributed by atoms with Crippen molar-refractivity contribution in [2.45, 2.75) is 51.8 Å². The molecule has 0 saturated heterocycles. The molecule has 1 aromatic rings. The summed E-state index contributed by atoms with van der Waals surface area (Å²) in [5, 5.41) is 8.80. The smallest absolute Gasteiger partial charge is 0.347 e. The molecule has 0 bridgehead atoms. The Balaban J connectivity index is 3.03. The summed E-state index contributed by atoms with van der Waals surface area (Å²) in [6.45, 7) is 5.85. The van der Waals surface area contributed by atoms with Gasteiger partial charge in [-0.2, -0.15) is 4.98 Å². The van der Waals surface area contributed by atoms with Gasteiger partial charge in [-0.1, -0.05) is 6.92 Å². The SMILES string of the molecule is Cc1nc(=O)n(CCC(C)S(C)=O)c(C)c1CCC(=O)O. The number of aliphatic carboxylic acids is 1. The summed E-state index contributed by atoms with van der Waals surface area (Å²) in [5.41, 5.74) is 1.81. The third kappa shape index (κ3) is 4.77. The Kier molecular flexibility index (Phi) is 6.26. The maximum Gasteiger partial charge on any atom is 0.347 e. The second-order valence-corrected chi connectivity index (χ2v) is 6.99. The molecular formula is C14H22N2O4S. The Hall–Kier alpha value is -1.50. The van der Waals surface area contributed by atoms with E-state index >= 15 is 0 Å². The van der Waals surface area contributed by atoms with Gasteiger partial charge in [-0.05, 0) is 32.3 Å². The van der Waals surface area contributed by atoms with Crippen molar-refractivity contribution in [2.75, 3.05) is 6.26 Å². The van der Waals surface area contributed by atoms with E-state index in [1.807, 2.05) is 6.92 Å². The maximum atomic E-state index is 12.0. The molecule has 0 aromatic carbocycles. The second kappa shape index (κ2) is 7.49. The summed E-state index contributed by atoms with van der Waals surface area (Å²) in [6.07, 6.45) is 2.63. The van der Waals surface area contributed by atoms with Crippen LogP contribution in [0.25, 0.3) is 0 Å². The van der Waals surface area contributed by atoms with Crippen molar-refractivity contribution in [1.82, 2.24) is 9.55 Å². The number of nitrogens with zero attached hydrogens (tertiary/aromatic N) is 2. The molecular weight excluding hydrogens is 292 g/mol. The van der Waals surface area contributed by atoms with E-state index in [2.05, 4.69) is 4.98 Å². The van der Waals surface area contributed by atoms with Crippen LogP contribution in [0.3, 0.4) is 0 Å². The second-order valence-electron chi connectivity index (χ2n) is 5.19. The maximum absolute atomic E-state index is 12.0. The van der Waals surface area contributed by atoms with Crippen LogP contribution in [0.1, 0.15) is 36.7 Å². The Morgan fingerprint density at radius 3 is 2.57 bits per heavy atom. The van der Waals surface area contributed by atoms with E-state index in [1.165, 1.54) is 0 Å². The highest BCUT2D eigenvalue weighted by molar-refractivity contribution is 7.84. The lowest BCUT2D eigenvalue weighted by Gasteiger charge is -2.16. The number of carbonyl (C=O) groups is 1. The first-order chi connectivity index (χ1) is 9.73. The number of carboxylic acid groups (broad SMARTS) is 1. The van der Waals surface area contributed by atoms with Crippen LogP contribution in [0.2, 0.25) is 0 Å². The number of hydrogen-bond donors (Lipinski definition) is 1. The summed E-state index contributed by atoms with van der Waals surface area (Å²) in [7, 11) is -0.930. The minimum atomic E-state index is -0.930. The molecule has 1 rings (SSSR count). The van der Waals surface area contributed by atoms with Gasteiger partial charge in [0.15, 0.2) is 0 Å². The monoisotopic (exact) mass is 314 g/mol. The normalized spacial score (nSPS) is 13.9. The molecule has 0 aliphatic heterocycles. The predicted octanol–water partition coefficient (Wildman–Crippen LogP) is 1.03. The molecule has 21 heavy (non-hydrogen) atoms. The summed E-state index contributed by atoms with van der Waals surface area (Å²) in [6, 6.07) is 0. The van der Waals surface area contributed by atoms with Gasteiger partial charge in [0.25, 0.3) is 0 Å². The molecule has 0 aliphatic carbocycles. The van der Waals surface area contributed by atoms with Crippen LogP contribution < -0.4 is 5.69 Å². The Morgan fingerprint density at radius 2 is 2.05 bits per heavy atom. The van der Waals surface area contributed by atoms with Crippen LogP contribution in [-0.4, -0.2) is 36.3 Å². The zero-order valence-corrected chi connectivity index (χ0v) is 13.7. The summed E-state index contributed by atoms with van der Waals surface area (Å²) in [5.74, 6) is -0.874. The lowest BCUT2D eigenvalue weighted by atomic mass is 10.1. The molecule has 0 spiro atoms. The van der Waals surface area contributed by atoms with Crippen LogP contribution >= 0.6 is 0 Å². The van der Waals surface area contributed by atoms with Crippen molar-refractivity contribution in [3.05, 3.63) is 27.4 Å². The van der Waals surface area contributed by atoms with E-state index in [0.29, 0.717) is 25.1 Å². The molecule has 0 amide bonds.